The van der Waals surface area contributed by atoms with Crippen molar-refractivity contribution in [3.05, 3.63) is 81.7 Å². The van der Waals surface area contributed by atoms with Crippen LogP contribution in [0.4, 0.5) is 10.8 Å². The Labute approximate surface area is 197 Å². The normalized spacial score (nSPS) is 10.7. The molecule has 0 atom stereocenters. The molecular weight excluding hydrogens is 462 g/mol. The van der Waals surface area contributed by atoms with E-state index in [0.717, 1.165) is 11.4 Å². The van der Waals surface area contributed by atoms with E-state index in [9.17, 15) is 14.4 Å². The Morgan fingerprint density at radius 3 is 2.70 bits per heavy atom. The minimum absolute atomic E-state index is 0.0879. The first-order valence-electron chi connectivity index (χ1n) is 9.82. The number of amides is 2. The molecule has 4 rings (SSSR count). The Morgan fingerprint density at radius 2 is 1.91 bits per heavy atom. The van der Waals surface area contributed by atoms with Crippen molar-refractivity contribution in [3.63, 3.8) is 0 Å². The first-order chi connectivity index (χ1) is 16.0. The second-order valence-electron chi connectivity index (χ2n) is 6.85. The van der Waals surface area contributed by atoms with Gasteiger partial charge >= 0.3 is 5.63 Å². The molecule has 0 saturated carbocycles. The van der Waals surface area contributed by atoms with Crippen molar-refractivity contribution in [1.82, 2.24) is 4.98 Å². The molecular formula is C23H19N3O5S2. The minimum atomic E-state index is -0.707. The van der Waals surface area contributed by atoms with Crippen LogP contribution in [-0.2, 0) is 10.5 Å². The highest BCUT2D eigenvalue weighted by molar-refractivity contribution is 7.99. The van der Waals surface area contributed by atoms with Gasteiger partial charge in [-0.15, -0.1) is 23.1 Å². The zero-order valence-corrected chi connectivity index (χ0v) is 19.1. The first kappa shape index (κ1) is 22.6. The van der Waals surface area contributed by atoms with Gasteiger partial charge in [-0.3, -0.25) is 14.9 Å². The Bertz CT molecular complexity index is 1350. The van der Waals surface area contributed by atoms with Gasteiger partial charge in [0.05, 0.1) is 18.6 Å². The predicted molar refractivity (Wildman–Crippen MR) is 130 cm³/mol. The quantitative estimate of drug-likeness (QED) is 0.359. The first-order valence-corrected chi connectivity index (χ1v) is 11.9. The zero-order chi connectivity index (χ0) is 23.2. The van der Waals surface area contributed by atoms with E-state index < -0.39 is 11.5 Å². The molecule has 0 radical (unpaired) electrons. The van der Waals surface area contributed by atoms with Crippen LogP contribution in [-0.4, -0.2) is 29.7 Å². The van der Waals surface area contributed by atoms with E-state index >= 15 is 0 Å². The van der Waals surface area contributed by atoms with Gasteiger partial charge in [0.1, 0.15) is 16.9 Å². The highest BCUT2D eigenvalue weighted by Crippen LogP contribution is 2.21. The van der Waals surface area contributed by atoms with Gasteiger partial charge in [-0.1, -0.05) is 18.2 Å². The number of rotatable bonds is 8. The van der Waals surface area contributed by atoms with Gasteiger partial charge in [0.2, 0.25) is 5.91 Å². The molecule has 33 heavy (non-hydrogen) atoms. The molecule has 0 aliphatic heterocycles. The largest absolute Gasteiger partial charge is 0.497 e. The molecule has 2 N–H and O–H groups in total. The van der Waals surface area contributed by atoms with E-state index in [1.807, 2.05) is 0 Å². The maximum atomic E-state index is 12.5. The summed E-state index contributed by atoms with van der Waals surface area (Å²) in [7, 11) is 1.58. The van der Waals surface area contributed by atoms with Crippen LogP contribution >= 0.6 is 23.1 Å². The van der Waals surface area contributed by atoms with Crippen molar-refractivity contribution in [2.45, 2.75) is 5.75 Å². The van der Waals surface area contributed by atoms with Crippen molar-refractivity contribution in [1.29, 1.82) is 0 Å². The van der Waals surface area contributed by atoms with Crippen molar-refractivity contribution in [2.24, 2.45) is 0 Å². The van der Waals surface area contributed by atoms with Crippen LogP contribution in [0, 0.1) is 0 Å². The molecule has 2 aromatic heterocycles. The summed E-state index contributed by atoms with van der Waals surface area (Å²) in [5, 5.41) is 8.28. The fourth-order valence-corrected chi connectivity index (χ4v) is 4.46. The van der Waals surface area contributed by atoms with Gasteiger partial charge in [0.25, 0.3) is 5.91 Å². The van der Waals surface area contributed by atoms with E-state index in [0.29, 0.717) is 27.5 Å². The molecule has 4 aromatic rings. The van der Waals surface area contributed by atoms with Crippen molar-refractivity contribution in [3.8, 4) is 5.75 Å². The highest BCUT2D eigenvalue weighted by Gasteiger charge is 2.15. The fourth-order valence-electron chi connectivity index (χ4n) is 2.94. The number of fused-ring (bicyclic) bond motifs is 1. The third-order valence-corrected chi connectivity index (χ3v) is 6.29. The summed E-state index contributed by atoms with van der Waals surface area (Å²) < 4.78 is 10.3. The number of aromatic nitrogens is 1. The number of benzene rings is 2. The number of carbonyl (C=O) groups is 2. The van der Waals surface area contributed by atoms with Gasteiger partial charge < -0.3 is 14.5 Å². The summed E-state index contributed by atoms with van der Waals surface area (Å²) in [6.07, 6.45) is 0. The highest BCUT2D eigenvalue weighted by atomic mass is 32.2. The Kier molecular flexibility index (Phi) is 7.06. The van der Waals surface area contributed by atoms with Crippen LogP contribution < -0.4 is 21.0 Å². The van der Waals surface area contributed by atoms with Crippen LogP contribution in [0.2, 0.25) is 0 Å². The van der Waals surface area contributed by atoms with Crippen molar-refractivity contribution < 1.29 is 18.7 Å². The number of hydrogen-bond acceptors (Lipinski definition) is 8. The molecule has 8 nitrogen and oxygen atoms in total. The standard InChI is InChI=1S/C23H19N3O5S2/c1-30-17-8-6-15(7-9-17)24-20(27)13-32-11-16-12-33-23(25-16)26-21(28)18-10-14-4-2-3-5-19(14)31-22(18)29/h2-10,12H,11,13H2,1H3,(H,24,27)(H,25,26,28). The van der Waals surface area contributed by atoms with E-state index in [1.165, 1.54) is 29.2 Å². The second-order valence-corrected chi connectivity index (χ2v) is 8.70. The molecule has 2 heterocycles. The second kappa shape index (κ2) is 10.3. The lowest BCUT2D eigenvalue weighted by Gasteiger charge is -2.06. The number of thiazole rings is 1. The van der Waals surface area contributed by atoms with E-state index in [-0.39, 0.29) is 17.2 Å². The Hall–Kier alpha value is -3.63. The molecule has 0 aliphatic carbocycles. The summed E-state index contributed by atoms with van der Waals surface area (Å²) in [5.74, 6) is 0.762. The van der Waals surface area contributed by atoms with Crippen LogP contribution in [0.25, 0.3) is 11.0 Å². The maximum absolute atomic E-state index is 12.5. The summed E-state index contributed by atoms with van der Waals surface area (Å²) in [6.45, 7) is 0. The van der Waals surface area contributed by atoms with Gasteiger partial charge in [0.15, 0.2) is 5.13 Å². The van der Waals surface area contributed by atoms with Crippen LogP contribution in [0.1, 0.15) is 16.1 Å². The van der Waals surface area contributed by atoms with Crippen molar-refractivity contribution in [2.75, 3.05) is 23.5 Å². The van der Waals surface area contributed by atoms with E-state index in [1.54, 1.807) is 61.0 Å². The number of nitrogens with one attached hydrogen (secondary N) is 2. The number of para-hydroxylation sites is 1. The molecule has 0 bridgehead atoms. The Morgan fingerprint density at radius 1 is 1.12 bits per heavy atom. The lowest BCUT2D eigenvalue weighted by Crippen LogP contribution is -2.20. The molecule has 0 aliphatic rings. The SMILES string of the molecule is COc1ccc(NC(=O)CSCc2csc(NC(=O)c3cc4ccccc4oc3=O)n2)cc1. The molecule has 0 unspecified atom stereocenters. The lowest BCUT2D eigenvalue weighted by atomic mass is 10.2. The number of methoxy groups -OCH3 is 1. The zero-order valence-electron chi connectivity index (χ0n) is 17.5. The van der Waals surface area contributed by atoms with Crippen molar-refractivity contribution >= 4 is 56.7 Å². The van der Waals surface area contributed by atoms with Crippen LogP contribution in [0.3, 0.4) is 0 Å². The summed E-state index contributed by atoms with van der Waals surface area (Å²) >= 11 is 2.65. The molecule has 0 spiro atoms. The van der Waals surface area contributed by atoms with Gasteiger partial charge in [-0.25, -0.2) is 9.78 Å². The molecule has 168 valence electrons. The van der Waals surface area contributed by atoms with Gasteiger partial charge in [0, 0.05) is 22.2 Å². The Balaban J connectivity index is 1.29. The molecule has 0 fully saturated rings. The smallest absolute Gasteiger partial charge is 0.349 e. The third-order valence-electron chi connectivity index (χ3n) is 4.52. The van der Waals surface area contributed by atoms with Gasteiger partial charge in [-0.05, 0) is 36.4 Å². The van der Waals surface area contributed by atoms with E-state index in [4.69, 9.17) is 9.15 Å². The topological polar surface area (TPSA) is 111 Å². The third kappa shape index (κ3) is 5.79. The summed E-state index contributed by atoms with van der Waals surface area (Å²) in [4.78, 5) is 41.1. The average Bonchev–Trinajstić information content (AvgIpc) is 3.26. The number of carbonyl (C=O) groups excluding carboxylic acids is 2. The number of ether oxygens (including phenoxy) is 1. The fraction of sp³-hybridized carbons (Fsp3) is 0.130. The molecule has 2 aromatic carbocycles. The molecule has 10 heteroatoms. The van der Waals surface area contributed by atoms with E-state index in [2.05, 4.69) is 15.6 Å². The molecule has 0 saturated heterocycles. The van der Waals surface area contributed by atoms with Crippen LogP contribution in [0.5, 0.6) is 5.75 Å². The predicted octanol–water partition coefficient (Wildman–Crippen LogP) is 4.38. The monoisotopic (exact) mass is 481 g/mol. The molecule has 2 amide bonds. The maximum Gasteiger partial charge on any atom is 0.349 e. The average molecular weight is 482 g/mol. The lowest BCUT2D eigenvalue weighted by molar-refractivity contribution is -0.113. The number of nitrogens with zero attached hydrogens (tertiary/aromatic N) is 1. The number of anilines is 2. The van der Waals surface area contributed by atoms with Gasteiger partial charge in [-0.2, -0.15) is 0 Å². The minimum Gasteiger partial charge on any atom is -0.497 e. The van der Waals surface area contributed by atoms with Crippen LogP contribution in [0.15, 0.2) is 69.2 Å². The number of thioether (sulfide) groups is 1. The summed E-state index contributed by atoms with van der Waals surface area (Å²) in [5.41, 5.74) is 1.04. The summed E-state index contributed by atoms with van der Waals surface area (Å²) in [6, 6.07) is 15.6. The number of hydrogen-bond donors (Lipinski definition) is 2.